The van der Waals surface area contributed by atoms with Crippen molar-refractivity contribution in [2.45, 2.75) is 32.1 Å². The number of anilines is 1. The monoisotopic (exact) mass is 634 g/mol. The number of nitrogens with one attached hydrogen (secondary N) is 1. The Morgan fingerprint density at radius 2 is 1.53 bits per heavy atom. The van der Waals surface area contributed by atoms with E-state index >= 15 is 0 Å². The van der Waals surface area contributed by atoms with Gasteiger partial charge in [-0.25, -0.2) is 0 Å². The van der Waals surface area contributed by atoms with E-state index in [1.165, 1.54) is 68.5 Å². The molecule has 7 rings (SSSR count). The van der Waals surface area contributed by atoms with Gasteiger partial charge in [0.2, 0.25) is 0 Å². The number of nitrogens with zero attached hydrogens (tertiary/aromatic N) is 1. The fourth-order valence-corrected chi connectivity index (χ4v) is 7.43. The van der Waals surface area contributed by atoms with E-state index in [9.17, 15) is 13.6 Å². The quantitative estimate of drug-likeness (QED) is 0.146. The van der Waals surface area contributed by atoms with Crippen LogP contribution in [0.4, 0.5) is 5.69 Å². The predicted octanol–water partition coefficient (Wildman–Crippen LogP) is 5.73. The first-order chi connectivity index (χ1) is 20.7. The van der Waals surface area contributed by atoms with Crippen molar-refractivity contribution in [3.63, 3.8) is 0 Å². The van der Waals surface area contributed by atoms with E-state index < -0.39 is 24.3 Å². The minimum absolute atomic E-state index is 0.285. The van der Waals surface area contributed by atoms with Gasteiger partial charge in [-0.05, 0) is 63.4 Å². The molecule has 1 aliphatic rings. The number of pyridine rings is 1. The van der Waals surface area contributed by atoms with Crippen molar-refractivity contribution in [2.75, 3.05) is 5.32 Å². The summed E-state index contributed by atoms with van der Waals surface area (Å²) in [6.07, 6.45) is 5.36. The van der Waals surface area contributed by atoms with Gasteiger partial charge in [0.05, 0.1) is 5.69 Å². The number of aromatic hydroxyl groups is 1. The predicted molar refractivity (Wildman–Crippen MR) is 171 cm³/mol. The largest absolute Gasteiger partial charge is 0.260 e. The molecule has 0 bridgehead atoms. The molecule has 43 heavy (non-hydrogen) atoms. The number of carbonyl (C=O) groups is 1. The standard InChI is InChI=1S/C27H21N.C8H10AsNO5/c1-3-7-22-18(5-1)11-14-25-24(22)13-12-20-9-10-21(17-26(20)25)27-23-8-4-2-6-19(23)15-16-28-27;1-5(11)10-6-2-3-7(8(12)4-6)9(13,14)15/h1-8,11-16,21H,9-10,17H2;2-4,12H,1H3,(H,10,11)(H2,13,14,15). The summed E-state index contributed by atoms with van der Waals surface area (Å²) < 4.78 is 28.2. The molecule has 216 valence electrons. The summed E-state index contributed by atoms with van der Waals surface area (Å²) in [5, 5.41) is 19.8. The number of amides is 1. The number of hydrogen-bond acceptors (Lipinski definition) is 4. The van der Waals surface area contributed by atoms with Crippen LogP contribution in [0.5, 0.6) is 5.75 Å². The van der Waals surface area contributed by atoms with Crippen LogP contribution in [-0.2, 0) is 21.4 Å². The molecule has 7 nitrogen and oxygen atoms in total. The minimum Gasteiger partial charge on any atom is -0.260 e. The number of carbonyl (C=O) groups excluding carboxylic acids is 1. The van der Waals surface area contributed by atoms with Crippen LogP contribution >= 0.6 is 0 Å². The zero-order valence-corrected chi connectivity index (χ0v) is 25.4. The number of aromatic nitrogens is 1. The van der Waals surface area contributed by atoms with Crippen LogP contribution < -0.4 is 9.67 Å². The number of aryl methyl sites for hydroxylation is 1. The average Bonchev–Trinajstić information content (AvgIpc) is 2.99. The Bertz CT molecular complexity index is 2050. The smallest absolute Gasteiger partial charge is 0.0516 e. The Morgan fingerprint density at radius 3 is 2.26 bits per heavy atom. The third-order valence-electron chi connectivity index (χ3n) is 8.05. The molecule has 0 aliphatic heterocycles. The van der Waals surface area contributed by atoms with E-state index in [2.05, 4.69) is 84.2 Å². The summed E-state index contributed by atoms with van der Waals surface area (Å²) in [6.45, 7) is 1.29. The molecule has 0 fully saturated rings. The first-order valence-electron chi connectivity index (χ1n) is 14.1. The summed E-state index contributed by atoms with van der Waals surface area (Å²) in [4.78, 5) is 15.5. The van der Waals surface area contributed by atoms with Gasteiger partial charge in [0, 0.05) is 17.5 Å². The molecule has 0 spiro atoms. The Balaban J connectivity index is 0.000000188. The second-order valence-electron chi connectivity index (χ2n) is 10.9. The molecule has 8 heteroatoms. The molecule has 1 atom stereocenters. The Morgan fingerprint density at radius 1 is 0.837 bits per heavy atom. The van der Waals surface area contributed by atoms with Crippen LogP contribution in [-0.4, -0.2) is 38.4 Å². The molecule has 5 aromatic carbocycles. The summed E-state index contributed by atoms with van der Waals surface area (Å²) in [7, 11) is 0. The SMILES string of the molecule is CC(=O)Nc1ccc([As](=O)(O)O)c(O)c1.c1ccc2c(C3CCc4ccc5c(ccc6ccccc65)c4C3)nccc2c1. The van der Waals surface area contributed by atoms with Crippen molar-refractivity contribution in [3.8, 4) is 5.75 Å². The van der Waals surface area contributed by atoms with Crippen molar-refractivity contribution in [3.05, 3.63) is 120 Å². The Labute approximate surface area is 251 Å². The summed E-state index contributed by atoms with van der Waals surface area (Å²) in [5.74, 6) is -0.367. The van der Waals surface area contributed by atoms with Crippen LogP contribution in [0.2, 0.25) is 0 Å². The molecule has 1 heterocycles. The number of phenolic OH excluding ortho intramolecular Hbond substituents is 1. The van der Waals surface area contributed by atoms with Gasteiger partial charge in [0.15, 0.2) is 0 Å². The van der Waals surface area contributed by atoms with Crippen molar-refractivity contribution in [1.29, 1.82) is 0 Å². The van der Waals surface area contributed by atoms with E-state index in [-0.39, 0.29) is 11.6 Å². The van der Waals surface area contributed by atoms with Crippen LogP contribution in [0.1, 0.15) is 36.1 Å². The minimum atomic E-state index is -5.09. The number of phenols is 1. The van der Waals surface area contributed by atoms with Crippen molar-refractivity contribution in [2.24, 2.45) is 0 Å². The fraction of sp³-hybridized carbons (Fsp3) is 0.143. The average molecular weight is 635 g/mol. The van der Waals surface area contributed by atoms with E-state index in [0.29, 0.717) is 5.92 Å². The molecular formula is C35H31AsN2O5. The molecule has 0 saturated heterocycles. The maximum atomic E-state index is 10.9. The maximum absolute atomic E-state index is 10.9. The van der Waals surface area contributed by atoms with Crippen LogP contribution in [0.15, 0.2) is 103 Å². The summed E-state index contributed by atoms with van der Waals surface area (Å²) in [5.41, 5.74) is 4.59. The molecule has 4 N–H and O–H groups in total. The first kappa shape index (κ1) is 28.7. The molecule has 1 unspecified atom stereocenters. The van der Waals surface area contributed by atoms with E-state index in [4.69, 9.17) is 13.2 Å². The maximum Gasteiger partial charge on any atom is 0.0516 e. The van der Waals surface area contributed by atoms with Gasteiger partial charge in [-0.2, -0.15) is 0 Å². The van der Waals surface area contributed by atoms with Gasteiger partial charge >= 0.3 is 88.1 Å². The second-order valence-corrected chi connectivity index (χ2v) is 14.2. The van der Waals surface area contributed by atoms with Crippen molar-refractivity contribution in [1.82, 2.24) is 4.98 Å². The molecule has 1 aromatic heterocycles. The molecule has 0 saturated carbocycles. The normalized spacial score (nSPS) is 14.6. The van der Waals surface area contributed by atoms with Crippen molar-refractivity contribution < 1.29 is 21.8 Å². The molecule has 1 amide bonds. The third-order valence-corrected chi connectivity index (χ3v) is 10.2. The van der Waals surface area contributed by atoms with Crippen LogP contribution in [0, 0.1) is 0 Å². The number of fused-ring (bicyclic) bond motifs is 6. The number of benzene rings is 5. The number of rotatable bonds is 3. The zero-order chi connectivity index (χ0) is 30.1. The molecule has 0 radical (unpaired) electrons. The third kappa shape index (κ3) is 5.93. The van der Waals surface area contributed by atoms with Gasteiger partial charge in [0.25, 0.3) is 0 Å². The molecular weight excluding hydrogens is 603 g/mol. The topological polar surface area (TPSA) is 120 Å². The molecule has 1 aliphatic carbocycles. The second kappa shape index (κ2) is 11.7. The van der Waals surface area contributed by atoms with E-state index in [0.717, 1.165) is 25.0 Å². The van der Waals surface area contributed by atoms with Crippen molar-refractivity contribution >= 4 is 62.4 Å². The van der Waals surface area contributed by atoms with Gasteiger partial charge in [0.1, 0.15) is 0 Å². The molecule has 6 aromatic rings. The Hall–Kier alpha value is -4.42. The number of hydrogen-bond donors (Lipinski definition) is 4. The zero-order valence-electron chi connectivity index (χ0n) is 23.6. The van der Waals surface area contributed by atoms with E-state index in [1.807, 2.05) is 6.20 Å². The van der Waals surface area contributed by atoms with Crippen LogP contribution in [0.25, 0.3) is 32.3 Å². The van der Waals surface area contributed by atoms with Gasteiger partial charge in [-0.15, -0.1) is 0 Å². The van der Waals surface area contributed by atoms with Crippen LogP contribution in [0.3, 0.4) is 0 Å². The summed E-state index contributed by atoms with van der Waals surface area (Å²) >= 11 is -5.09. The summed E-state index contributed by atoms with van der Waals surface area (Å²) in [6, 6.07) is 32.3. The Kier molecular flexibility index (Phi) is 7.80. The van der Waals surface area contributed by atoms with Gasteiger partial charge < -0.3 is 0 Å². The van der Waals surface area contributed by atoms with Gasteiger partial charge in [-0.3, -0.25) is 4.98 Å². The van der Waals surface area contributed by atoms with Gasteiger partial charge in [-0.1, -0.05) is 72.8 Å². The fourth-order valence-electron chi connectivity index (χ4n) is 6.10. The van der Waals surface area contributed by atoms with E-state index in [1.54, 1.807) is 0 Å². The first-order valence-corrected chi connectivity index (χ1v) is 17.5.